The van der Waals surface area contributed by atoms with Crippen LogP contribution in [0.3, 0.4) is 0 Å². The molecule has 0 aliphatic carbocycles. The van der Waals surface area contributed by atoms with E-state index in [0.717, 1.165) is 11.1 Å². The SMILES string of the molecule is C#CCOC(C(=O)Nc1cnccc1-c1ccc(OC)c(OC)c1)c1ccc(Cl)cc1. The van der Waals surface area contributed by atoms with Crippen molar-refractivity contribution in [3.05, 3.63) is 71.5 Å². The predicted octanol–water partition coefficient (Wildman–Crippen LogP) is 4.75. The fraction of sp³-hybridized carbons (Fsp3) is 0.167. The van der Waals surface area contributed by atoms with Gasteiger partial charge in [0.1, 0.15) is 6.61 Å². The molecule has 158 valence electrons. The second-order valence-corrected chi connectivity index (χ2v) is 6.86. The number of nitrogens with one attached hydrogen (secondary N) is 1. The van der Waals surface area contributed by atoms with E-state index in [9.17, 15) is 4.79 Å². The van der Waals surface area contributed by atoms with Crippen molar-refractivity contribution in [1.29, 1.82) is 0 Å². The van der Waals surface area contributed by atoms with Crippen LogP contribution in [0.5, 0.6) is 11.5 Å². The van der Waals surface area contributed by atoms with Gasteiger partial charge in [0.05, 0.1) is 26.1 Å². The molecule has 0 spiro atoms. The Kier molecular flexibility index (Phi) is 7.50. The van der Waals surface area contributed by atoms with Crippen molar-refractivity contribution in [2.24, 2.45) is 0 Å². The van der Waals surface area contributed by atoms with E-state index in [1.54, 1.807) is 63.0 Å². The molecule has 1 unspecified atom stereocenters. The van der Waals surface area contributed by atoms with Crippen LogP contribution in [0.15, 0.2) is 60.9 Å². The first-order valence-corrected chi connectivity index (χ1v) is 9.73. The Morgan fingerprint density at radius 3 is 2.55 bits per heavy atom. The van der Waals surface area contributed by atoms with Gasteiger partial charge in [-0.3, -0.25) is 9.78 Å². The molecule has 7 heteroatoms. The summed E-state index contributed by atoms with van der Waals surface area (Å²) in [6.07, 6.45) is 7.63. The van der Waals surface area contributed by atoms with E-state index in [4.69, 9.17) is 32.2 Å². The minimum atomic E-state index is -0.910. The fourth-order valence-corrected chi connectivity index (χ4v) is 3.17. The molecule has 0 aliphatic rings. The number of methoxy groups -OCH3 is 2. The molecule has 0 saturated carbocycles. The van der Waals surface area contributed by atoms with E-state index in [1.165, 1.54) is 0 Å². The summed E-state index contributed by atoms with van der Waals surface area (Å²) in [6, 6.07) is 14.1. The van der Waals surface area contributed by atoms with E-state index in [-0.39, 0.29) is 12.5 Å². The minimum Gasteiger partial charge on any atom is -0.493 e. The highest BCUT2D eigenvalue weighted by Crippen LogP contribution is 2.35. The molecule has 0 radical (unpaired) electrons. The number of halogens is 1. The molecule has 2 aromatic carbocycles. The van der Waals surface area contributed by atoms with Gasteiger partial charge in [-0.05, 0) is 41.5 Å². The third-order valence-electron chi connectivity index (χ3n) is 4.52. The van der Waals surface area contributed by atoms with Gasteiger partial charge in [0, 0.05) is 16.8 Å². The van der Waals surface area contributed by atoms with Gasteiger partial charge in [0.25, 0.3) is 5.91 Å². The topological polar surface area (TPSA) is 69.7 Å². The molecular weight excluding hydrogens is 416 g/mol. The summed E-state index contributed by atoms with van der Waals surface area (Å²) < 4.78 is 16.3. The Balaban J connectivity index is 1.92. The molecule has 6 nitrogen and oxygen atoms in total. The number of aromatic nitrogens is 1. The zero-order valence-corrected chi connectivity index (χ0v) is 17.8. The van der Waals surface area contributed by atoms with Crippen molar-refractivity contribution in [3.8, 4) is 35.0 Å². The van der Waals surface area contributed by atoms with Gasteiger partial charge in [0.2, 0.25) is 0 Å². The number of benzene rings is 2. The minimum absolute atomic E-state index is 0.0176. The molecular formula is C24H21ClN2O4. The van der Waals surface area contributed by atoms with Gasteiger partial charge in [-0.25, -0.2) is 0 Å². The van der Waals surface area contributed by atoms with Crippen molar-refractivity contribution < 1.29 is 19.0 Å². The first-order valence-electron chi connectivity index (χ1n) is 9.35. The third-order valence-corrected chi connectivity index (χ3v) is 4.77. The van der Waals surface area contributed by atoms with Crippen LogP contribution in [0, 0.1) is 12.3 Å². The lowest BCUT2D eigenvalue weighted by Crippen LogP contribution is -2.24. The summed E-state index contributed by atoms with van der Waals surface area (Å²) in [7, 11) is 3.14. The van der Waals surface area contributed by atoms with Crippen molar-refractivity contribution in [1.82, 2.24) is 4.98 Å². The highest BCUT2D eigenvalue weighted by atomic mass is 35.5. The largest absolute Gasteiger partial charge is 0.493 e. The van der Waals surface area contributed by atoms with Gasteiger partial charge < -0.3 is 19.5 Å². The maximum absolute atomic E-state index is 13.1. The Morgan fingerprint density at radius 2 is 1.87 bits per heavy atom. The lowest BCUT2D eigenvalue weighted by molar-refractivity contribution is -0.126. The number of rotatable bonds is 8. The number of carbonyl (C=O) groups is 1. The molecule has 1 N–H and O–H groups in total. The Labute approximate surface area is 186 Å². The van der Waals surface area contributed by atoms with Gasteiger partial charge in [0.15, 0.2) is 17.6 Å². The molecule has 0 saturated heterocycles. The highest BCUT2D eigenvalue weighted by Gasteiger charge is 2.23. The van der Waals surface area contributed by atoms with Crippen molar-refractivity contribution in [2.75, 3.05) is 26.1 Å². The maximum atomic E-state index is 13.1. The lowest BCUT2D eigenvalue weighted by atomic mass is 10.0. The van der Waals surface area contributed by atoms with E-state index in [0.29, 0.717) is 27.8 Å². The summed E-state index contributed by atoms with van der Waals surface area (Å²) >= 11 is 5.96. The summed E-state index contributed by atoms with van der Waals surface area (Å²) in [5.41, 5.74) is 2.73. The van der Waals surface area contributed by atoms with Crippen LogP contribution in [-0.2, 0) is 9.53 Å². The average molecular weight is 437 g/mol. The normalized spacial score (nSPS) is 11.3. The number of anilines is 1. The molecule has 0 fully saturated rings. The second kappa shape index (κ2) is 10.5. The number of hydrogen-bond donors (Lipinski definition) is 1. The molecule has 1 atom stereocenters. The van der Waals surface area contributed by atoms with Crippen LogP contribution in [0.25, 0.3) is 11.1 Å². The van der Waals surface area contributed by atoms with Gasteiger partial charge in [-0.2, -0.15) is 0 Å². The Bertz CT molecular complexity index is 1090. The zero-order chi connectivity index (χ0) is 22.2. The fourth-order valence-electron chi connectivity index (χ4n) is 3.04. The number of amides is 1. The van der Waals surface area contributed by atoms with Gasteiger partial charge in [-0.15, -0.1) is 6.42 Å². The smallest absolute Gasteiger partial charge is 0.258 e. The van der Waals surface area contributed by atoms with Crippen molar-refractivity contribution >= 4 is 23.2 Å². The number of hydrogen-bond acceptors (Lipinski definition) is 5. The maximum Gasteiger partial charge on any atom is 0.258 e. The Morgan fingerprint density at radius 1 is 1.13 bits per heavy atom. The number of pyridine rings is 1. The van der Waals surface area contributed by atoms with E-state index < -0.39 is 6.10 Å². The number of carbonyl (C=O) groups excluding carboxylic acids is 1. The molecule has 1 amide bonds. The van der Waals surface area contributed by atoms with E-state index >= 15 is 0 Å². The summed E-state index contributed by atoms with van der Waals surface area (Å²) in [6.45, 7) is -0.0176. The quantitative estimate of drug-likeness (QED) is 0.516. The van der Waals surface area contributed by atoms with Crippen molar-refractivity contribution in [3.63, 3.8) is 0 Å². The molecule has 3 rings (SSSR count). The molecule has 1 heterocycles. The summed E-state index contributed by atoms with van der Waals surface area (Å²) in [5, 5.41) is 3.46. The summed E-state index contributed by atoms with van der Waals surface area (Å²) in [5.74, 6) is 3.19. The van der Waals surface area contributed by atoms with E-state index in [1.807, 2.05) is 12.1 Å². The standard InChI is InChI=1S/C24H21ClN2O4/c1-4-13-31-23(16-5-8-18(25)9-6-16)24(28)27-20-15-26-12-11-19(20)17-7-10-21(29-2)22(14-17)30-3/h1,5-12,14-15,23H,13H2,2-3H3,(H,27,28). The average Bonchev–Trinajstić information content (AvgIpc) is 2.80. The Hall–Kier alpha value is -3.53. The van der Waals surface area contributed by atoms with Crippen LogP contribution in [0.1, 0.15) is 11.7 Å². The zero-order valence-electron chi connectivity index (χ0n) is 17.1. The lowest BCUT2D eigenvalue weighted by Gasteiger charge is -2.18. The molecule has 31 heavy (non-hydrogen) atoms. The first-order chi connectivity index (χ1) is 15.1. The van der Waals surface area contributed by atoms with Crippen molar-refractivity contribution in [2.45, 2.75) is 6.10 Å². The first kappa shape index (κ1) is 22.2. The van der Waals surface area contributed by atoms with Crippen LogP contribution in [0.2, 0.25) is 5.02 Å². The third kappa shape index (κ3) is 5.34. The van der Waals surface area contributed by atoms with Gasteiger partial charge >= 0.3 is 0 Å². The number of nitrogens with zero attached hydrogens (tertiary/aromatic N) is 1. The molecule has 3 aromatic rings. The number of terminal acetylenes is 1. The highest BCUT2D eigenvalue weighted by molar-refractivity contribution is 6.30. The molecule has 0 aliphatic heterocycles. The van der Waals surface area contributed by atoms with Crippen LogP contribution >= 0.6 is 11.6 Å². The van der Waals surface area contributed by atoms with Gasteiger partial charge in [-0.1, -0.05) is 35.7 Å². The van der Waals surface area contributed by atoms with Crippen LogP contribution < -0.4 is 14.8 Å². The second-order valence-electron chi connectivity index (χ2n) is 6.43. The number of ether oxygens (including phenoxy) is 3. The molecule has 0 bridgehead atoms. The van der Waals surface area contributed by atoms with Crippen LogP contribution in [0.4, 0.5) is 5.69 Å². The molecule has 1 aromatic heterocycles. The summed E-state index contributed by atoms with van der Waals surface area (Å²) in [4.78, 5) is 17.2. The van der Waals surface area contributed by atoms with E-state index in [2.05, 4.69) is 16.2 Å². The monoisotopic (exact) mass is 436 g/mol. The predicted molar refractivity (Wildman–Crippen MR) is 120 cm³/mol. The van der Waals surface area contributed by atoms with Crippen LogP contribution in [-0.4, -0.2) is 31.7 Å².